The van der Waals surface area contributed by atoms with Crippen LogP contribution in [-0.2, 0) is 85.6 Å². The van der Waals surface area contributed by atoms with E-state index in [1.54, 1.807) is 49.4 Å². The molecule has 11 aromatic rings. The number of aliphatic hydroxyl groups is 1. The van der Waals surface area contributed by atoms with Crippen molar-refractivity contribution in [3.05, 3.63) is 318 Å². The fraction of sp³-hybridized carbons (Fsp3) is 0.147. The molecule has 4 atom stereocenters. The van der Waals surface area contributed by atoms with Gasteiger partial charge in [0, 0.05) is 78.3 Å². The van der Waals surface area contributed by atoms with Gasteiger partial charge >= 0.3 is 41.8 Å². The number of aliphatic hydroxyl groups excluding tert-OH is 1. The molecule has 0 spiro atoms. The van der Waals surface area contributed by atoms with Gasteiger partial charge in [-0.15, -0.1) is 0 Å². The smallest absolute Gasteiger partial charge is 0.348 e. The van der Waals surface area contributed by atoms with E-state index in [1.165, 1.54) is 115 Å². The molecule has 0 saturated heterocycles. The molecule has 1 aliphatic rings. The fourth-order valence-corrected chi connectivity index (χ4v) is 14.5. The van der Waals surface area contributed by atoms with Gasteiger partial charge in [0.05, 0.1) is 47.0 Å². The molecule has 11 aromatic carbocycles. The normalized spacial score (nSPS) is 14.2. The van der Waals surface area contributed by atoms with Crippen molar-refractivity contribution in [3.8, 4) is 51.4 Å². The number of esters is 2. The number of carboxylic acids is 5. The number of carbonyl (C=O) groups excluding carboxylic acids is 6. The Labute approximate surface area is 764 Å². The molecule has 1 aliphatic carbocycles. The van der Waals surface area contributed by atoms with Gasteiger partial charge in [-0.25, -0.2) is 55.1 Å². The van der Waals surface area contributed by atoms with E-state index in [0.717, 1.165) is 58.7 Å². The van der Waals surface area contributed by atoms with Crippen LogP contribution in [0.4, 0.5) is 22.7 Å². The van der Waals surface area contributed by atoms with E-state index in [9.17, 15) is 116 Å². The Morgan fingerprint density at radius 1 is 0.403 bits per heavy atom. The molecule has 12 rings (SSSR count). The Morgan fingerprint density at radius 2 is 0.806 bits per heavy atom. The summed E-state index contributed by atoms with van der Waals surface area (Å²) < 4.78 is 72.3. The minimum absolute atomic E-state index is 0.0124. The first-order valence-electron chi connectivity index (χ1n) is 39.8. The van der Waals surface area contributed by atoms with Gasteiger partial charge in [0.25, 0.3) is 0 Å². The number of benzene rings is 11. The minimum atomic E-state index is -3.91. The van der Waals surface area contributed by atoms with Crippen molar-refractivity contribution in [1.82, 2.24) is 4.72 Å². The van der Waals surface area contributed by atoms with Crippen LogP contribution in [0.15, 0.2) is 283 Å². The first kappa shape index (κ1) is 103. The second kappa shape index (κ2) is 49.3. The zero-order chi connectivity index (χ0) is 97.8. The lowest BCUT2D eigenvalue weighted by Gasteiger charge is -2.42. The van der Waals surface area contributed by atoms with E-state index in [1.807, 2.05) is 91.0 Å². The van der Waals surface area contributed by atoms with Crippen LogP contribution in [0.3, 0.4) is 0 Å². The topological polar surface area (TPSA) is 616 Å². The summed E-state index contributed by atoms with van der Waals surface area (Å²) in [5.41, 5.74) is 2.93. The Balaban J connectivity index is 0.000000209. The number of ether oxygens (including phenoxy) is 4. The van der Waals surface area contributed by atoms with Crippen LogP contribution >= 0.6 is 0 Å². The number of phenolic OH excluding ortho intramolecular Hbond substituents is 4. The number of anilines is 4. The standard InChI is InChI=1S/C26H26O11.C21H18N2O6S.C16H15NO6S.C16H15NO5.C16H15NO4/c1-14-12-26(25(34)35,37-23(33)9-5-16-3-7-18(28)20(30)11-16)13-21(31)24(14)36-22(32)8-4-15-2-6-17(27)19(29)10-15;24-19-12-16(8-11-18(19)21(26)27)23-20(25)13-22-30(28,29)17-9-6-15(7-10-17)14-4-2-1-3-5-14;18-14-10-11(6-7-13(14)16(20)21)17-15(19)8-9-24(22,23)12-4-2-1-3-5-12;18-14-8-12(6-7-13(14)16(20)21)17-15(19)10-22-9-11-4-2-1-3-5-11;18-15(11-21-10-12-4-2-1-3-5-12)17-14-8-6-13(7-9-14)16(19)20/h2-11,14,21,24,27-31H,12-13H2,1H3,(H,34,35);1-12,22,24H,13H2,(H,23,25)(H,26,27);1-7,10,18H,8-9H2,(H,17,19)(H,20,21);1-8,18H,9-10H2,(H,17,19)(H,20,21);1-9H,10-11H2,(H,17,18)(H,19,20)/b8-4+,9-5+;;;;/t14-,21-,24+,26-;;;;/m1..../s1. The van der Waals surface area contributed by atoms with Crippen LogP contribution in [0.1, 0.15) is 89.9 Å². The number of aromatic hydroxyl groups is 7. The molecule has 18 N–H and O–H groups in total. The maximum Gasteiger partial charge on any atom is 0.348 e. The molecule has 0 heterocycles. The highest BCUT2D eigenvalue weighted by atomic mass is 32.2. The van der Waals surface area contributed by atoms with E-state index < -0.39 is 139 Å². The van der Waals surface area contributed by atoms with Crippen molar-refractivity contribution in [3.63, 3.8) is 0 Å². The highest BCUT2D eigenvalue weighted by Gasteiger charge is 2.53. The molecule has 1 saturated carbocycles. The number of aromatic carboxylic acids is 4. The quantitative estimate of drug-likeness (QED) is 0.0106. The Kier molecular flexibility index (Phi) is 37.8. The molecule has 4 amide bonds. The van der Waals surface area contributed by atoms with Gasteiger partial charge in [-0.2, -0.15) is 0 Å². The lowest BCUT2D eigenvalue weighted by molar-refractivity contribution is -0.199. The van der Waals surface area contributed by atoms with E-state index in [-0.39, 0.29) is 98.4 Å². The summed E-state index contributed by atoms with van der Waals surface area (Å²) in [6.45, 7) is 1.49. The van der Waals surface area contributed by atoms with Gasteiger partial charge in [0.1, 0.15) is 53.3 Å². The molecule has 39 heteroatoms. The van der Waals surface area contributed by atoms with E-state index in [2.05, 4.69) is 26.0 Å². The fourth-order valence-electron chi connectivity index (χ4n) is 12.3. The van der Waals surface area contributed by atoms with E-state index in [0.29, 0.717) is 35.7 Å². The number of sulfone groups is 1. The third-order valence-electron chi connectivity index (χ3n) is 18.9. The van der Waals surface area contributed by atoms with Crippen LogP contribution < -0.4 is 26.0 Å². The van der Waals surface area contributed by atoms with Crippen molar-refractivity contribution < 1.29 is 155 Å². The van der Waals surface area contributed by atoms with Crippen LogP contribution in [0.25, 0.3) is 23.3 Å². The van der Waals surface area contributed by atoms with Crippen LogP contribution in [0.5, 0.6) is 40.2 Å². The average Bonchev–Trinajstić information content (AvgIpc) is 0.776. The van der Waals surface area contributed by atoms with Crippen LogP contribution in [-0.4, -0.2) is 192 Å². The number of sulfonamides is 1. The second-order valence-corrected chi connectivity index (χ2v) is 32.9. The van der Waals surface area contributed by atoms with Crippen molar-refractivity contribution >= 4 is 120 Å². The summed E-state index contributed by atoms with van der Waals surface area (Å²) in [7, 11) is -7.47. The van der Waals surface area contributed by atoms with Crippen LogP contribution in [0.2, 0.25) is 0 Å². The first-order chi connectivity index (χ1) is 63.7. The molecular formula is C95H89N5O32S2. The van der Waals surface area contributed by atoms with Gasteiger partial charge in [0.2, 0.25) is 39.3 Å². The lowest BCUT2D eigenvalue weighted by Crippen LogP contribution is -2.56. The molecule has 0 bridgehead atoms. The Morgan fingerprint density at radius 3 is 1.22 bits per heavy atom. The third kappa shape index (κ3) is 32.6. The number of aliphatic carboxylic acids is 1. The van der Waals surface area contributed by atoms with Gasteiger partial charge in [0.15, 0.2) is 32.8 Å². The second-order valence-electron chi connectivity index (χ2n) is 29.0. The van der Waals surface area contributed by atoms with Gasteiger partial charge < -0.3 is 107 Å². The van der Waals surface area contributed by atoms with Crippen molar-refractivity contribution in [2.24, 2.45) is 5.92 Å². The summed E-state index contributed by atoms with van der Waals surface area (Å²) in [5, 5.41) is 132. The van der Waals surface area contributed by atoms with E-state index in [4.69, 9.17) is 39.4 Å². The van der Waals surface area contributed by atoms with Gasteiger partial charge in [-0.1, -0.05) is 140 Å². The van der Waals surface area contributed by atoms with E-state index >= 15 is 0 Å². The zero-order valence-corrected chi connectivity index (χ0v) is 72.3. The number of hydrogen-bond acceptors (Lipinski definition) is 27. The number of nitrogens with one attached hydrogen (secondary N) is 5. The summed E-state index contributed by atoms with van der Waals surface area (Å²) in [6, 6.07) is 67.0. The summed E-state index contributed by atoms with van der Waals surface area (Å²) in [6.07, 6.45) is 1.01. The molecule has 698 valence electrons. The largest absolute Gasteiger partial charge is 0.507 e. The lowest BCUT2D eigenvalue weighted by atomic mass is 9.75. The molecule has 0 aliphatic heterocycles. The number of rotatable bonds is 32. The number of hydrogen-bond donors (Lipinski definition) is 18. The Bertz CT molecular complexity index is 6300. The van der Waals surface area contributed by atoms with Gasteiger partial charge in [-0.3, -0.25) is 19.2 Å². The van der Waals surface area contributed by atoms with Gasteiger partial charge in [-0.05, 0) is 155 Å². The zero-order valence-electron chi connectivity index (χ0n) is 70.6. The SMILES string of the molecule is C[C@@H]1C[C@](OC(=O)/C=C/c2ccc(O)c(O)c2)(C(=O)O)C[C@@H](O)[C@H]1OC(=O)/C=C/c1ccc(O)c(O)c1.O=C(CCS(=O)(=O)c1ccccc1)Nc1ccc(C(=O)O)c(O)c1.O=C(CNS(=O)(=O)c1ccc(-c2ccccc2)cc1)Nc1ccc(C(=O)O)c(O)c1.O=C(COCc1ccccc1)Nc1ccc(C(=O)O)c(O)c1.O=C(COCc1ccccc1)Nc1ccc(C(=O)O)cc1. The maximum absolute atomic E-state index is 12.4. The van der Waals surface area contributed by atoms with Crippen molar-refractivity contribution in [1.29, 1.82) is 0 Å². The monoisotopic (exact) mass is 1880 g/mol. The highest BCUT2D eigenvalue weighted by molar-refractivity contribution is 7.91. The third-order valence-corrected chi connectivity index (χ3v) is 22.1. The molecule has 0 aromatic heterocycles. The summed E-state index contributed by atoms with van der Waals surface area (Å²) >= 11 is 0. The molecule has 0 radical (unpaired) electrons. The average molecular weight is 1880 g/mol. The predicted octanol–water partition coefficient (Wildman–Crippen LogP) is 11.7. The van der Waals surface area contributed by atoms with Crippen LogP contribution in [0, 0.1) is 5.92 Å². The maximum atomic E-state index is 12.4. The van der Waals surface area contributed by atoms with Crippen molar-refractivity contribution in [2.75, 3.05) is 46.8 Å². The Hall–Kier alpha value is -16.6. The summed E-state index contributed by atoms with van der Waals surface area (Å²) in [5.74, 6) is -14.0. The van der Waals surface area contributed by atoms with Crippen molar-refractivity contribution in [2.45, 2.75) is 67.0 Å². The highest BCUT2D eigenvalue weighted by Crippen LogP contribution is 2.39. The number of phenols is 7. The molecule has 1 fully saturated rings. The number of amides is 4. The first-order valence-corrected chi connectivity index (χ1v) is 42.9. The number of carboxylic acid groups (broad SMARTS) is 5. The molecule has 134 heavy (non-hydrogen) atoms. The predicted molar refractivity (Wildman–Crippen MR) is 484 cm³/mol. The minimum Gasteiger partial charge on any atom is -0.507 e. The molecule has 0 unspecified atom stereocenters. The number of carbonyl (C=O) groups is 11. The molecule has 37 nitrogen and oxygen atoms in total. The summed E-state index contributed by atoms with van der Waals surface area (Å²) in [4.78, 5) is 127. The molecular weight excluding hydrogens is 1790 g/mol.